The predicted molar refractivity (Wildman–Crippen MR) is 97.7 cm³/mol. The molecule has 0 aliphatic carbocycles. The summed E-state index contributed by atoms with van der Waals surface area (Å²) in [6.07, 6.45) is 1.37. The number of ether oxygens (including phenoxy) is 1. The minimum atomic E-state index is -0.570. The average molecular weight is 370 g/mol. The molecule has 2 aromatic rings. The van der Waals surface area contributed by atoms with E-state index in [1.54, 1.807) is 29.2 Å². The maximum absolute atomic E-state index is 12.8. The Kier molecular flexibility index (Phi) is 5.80. The van der Waals surface area contributed by atoms with Crippen LogP contribution in [-0.4, -0.2) is 30.9 Å². The van der Waals surface area contributed by atoms with Crippen LogP contribution >= 0.6 is 0 Å². The summed E-state index contributed by atoms with van der Waals surface area (Å²) >= 11 is 0. The van der Waals surface area contributed by atoms with Crippen LogP contribution in [0.2, 0.25) is 0 Å². The highest BCUT2D eigenvalue weighted by Crippen LogP contribution is 2.22. The SMILES string of the molecule is O=C(COC(=O)Cc1ccc(F)cc1)Nc1ccc(N2CCCC2=O)cc1. The van der Waals surface area contributed by atoms with Gasteiger partial charge in [-0.25, -0.2) is 4.39 Å². The number of hydrogen-bond donors (Lipinski definition) is 1. The molecule has 6 nitrogen and oxygen atoms in total. The van der Waals surface area contributed by atoms with Gasteiger partial charge in [0.1, 0.15) is 5.82 Å². The smallest absolute Gasteiger partial charge is 0.310 e. The zero-order valence-electron chi connectivity index (χ0n) is 14.6. The summed E-state index contributed by atoms with van der Waals surface area (Å²) in [5.74, 6) is -1.32. The van der Waals surface area contributed by atoms with Crippen molar-refractivity contribution in [1.82, 2.24) is 0 Å². The lowest BCUT2D eigenvalue weighted by Crippen LogP contribution is -2.24. The number of esters is 1. The number of rotatable bonds is 6. The molecule has 2 amide bonds. The lowest BCUT2D eigenvalue weighted by molar-refractivity contribution is -0.146. The number of amides is 2. The van der Waals surface area contributed by atoms with Gasteiger partial charge in [-0.2, -0.15) is 0 Å². The average Bonchev–Trinajstić information content (AvgIpc) is 3.09. The van der Waals surface area contributed by atoms with Crippen molar-refractivity contribution in [3.8, 4) is 0 Å². The number of benzene rings is 2. The van der Waals surface area contributed by atoms with Gasteiger partial charge in [0.2, 0.25) is 5.91 Å². The number of carbonyl (C=O) groups excluding carboxylic acids is 3. The van der Waals surface area contributed by atoms with Gasteiger partial charge in [-0.3, -0.25) is 14.4 Å². The van der Waals surface area contributed by atoms with Crippen LogP contribution in [0, 0.1) is 5.82 Å². The minimum Gasteiger partial charge on any atom is -0.455 e. The minimum absolute atomic E-state index is 0.0356. The van der Waals surface area contributed by atoms with E-state index in [-0.39, 0.29) is 18.1 Å². The van der Waals surface area contributed by atoms with Crippen molar-refractivity contribution in [3.05, 3.63) is 59.9 Å². The normalized spacial score (nSPS) is 13.5. The Bertz CT molecular complexity index is 834. The monoisotopic (exact) mass is 370 g/mol. The maximum atomic E-state index is 12.8. The molecule has 1 aliphatic heterocycles. The summed E-state index contributed by atoms with van der Waals surface area (Å²) in [4.78, 5) is 37.1. The molecule has 0 radical (unpaired) electrons. The summed E-state index contributed by atoms with van der Waals surface area (Å²) in [6.45, 7) is 0.293. The second kappa shape index (κ2) is 8.44. The topological polar surface area (TPSA) is 75.7 Å². The summed E-state index contributed by atoms with van der Waals surface area (Å²) in [5, 5.41) is 2.63. The van der Waals surface area contributed by atoms with E-state index in [1.807, 2.05) is 0 Å². The van der Waals surface area contributed by atoms with Gasteiger partial charge < -0.3 is 15.0 Å². The second-order valence-electron chi connectivity index (χ2n) is 6.21. The largest absolute Gasteiger partial charge is 0.455 e. The molecule has 1 heterocycles. The fourth-order valence-electron chi connectivity index (χ4n) is 2.81. The van der Waals surface area contributed by atoms with Gasteiger partial charge in [0.25, 0.3) is 5.91 Å². The van der Waals surface area contributed by atoms with Crippen molar-refractivity contribution < 1.29 is 23.5 Å². The van der Waals surface area contributed by atoms with Crippen molar-refractivity contribution in [2.75, 3.05) is 23.4 Å². The lowest BCUT2D eigenvalue weighted by Gasteiger charge is -2.16. The van der Waals surface area contributed by atoms with Gasteiger partial charge in [-0.05, 0) is 48.4 Å². The molecule has 0 aromatic heterocycles. The third-order valence-corrected chi connectivity index (χ3v) is 4.16. The van der Waals surface area contributed by atoms with Crippen LogP contribution in [0.5, 0.6) is 0 Å². The Morgan fingerprint density at radius 3 is 2.41 bits per heavy atom. The first-order valence-electron chi connectivity index (χ1n) is 8.61. The molecule has 0 spiro atoms. The molecule has 1 N–H and O–H groups in total. The van der Waals surface area contributed by atoms with Crippen molar-refractivity contribution in [1.29, 1.82) is 0 Å². The third-order valence-electron chi connectivity index (χ3n) is 4.16. The summed E-state index contributed by atoms with van der Waals surface area (Å²) in [5.41, 5.74) is 1.94. The third kappa shape index (κ3) is 5.13. The summed E-state index contributed by atoms with van der Waals surface area (Å²) < 4.78 is 17.8. The van der Waals surface area contributed by atoms with Gasteiger partial charge in [-0.15, -0.1) is 0 Å². The Morgan fingerprint density at radius 2 is 1.78 bits per heavy atom. The maximum Gasteiger partial charge on any atom is 0.310 e. The predicted octanol–water partition coefficient (Wildman–Crippen LogP) is 2.68. The zero-order chi connectivity index (χ0) is 19.2. The van der Waals surface area contributed by atoms with Gasteiger partial charge >= 0.3 is 5.97 Å². The number of anilines is 2. The van der Waals surface area contributed by atoms with Crippen LogP contribution in [0.1, 0.15) is 18.4 Å². The molecule has 0 unspecified atom stereocenters. The van der Waals surface area contributed by atoms with E-state index in [1.165, 1.54) is 24.3 Å². The van der Waals surface area contributed by atoms with E-state index >= 15 is 0 Å². The first kappa shape index (κ1) is 18.6. The van der Waals surface area contributed by atoms with Crippen LogP contribution in [0.4, 0.5) is 15.8 Å². The second-order valence-corrected chi connectivity index (χ2v) is 6.21. The molecule has 1 fully saturated rings. The highest BCUT2D eigenvalue weighted by molar-refractivity contribution is 5.96. The van der Waals surface area contributed by atoms with E-state index in [0.717, 1.165) is 12.1 Å². The van der Waals surface area contributed by atoms with Crippen LogP contribution in [0.3, 0.4) is 0 Å². The summed E-state index contributed by atoms with van der Waals surface area (Å²) in [6, 6.07) is 12.4. The fourth-order valence-corrected chi connectivity index (χ4v) is 2.81. The Hall–Kier alpha value is -3.22. The molecule has 0 bridgehead atoms. The van der Waals surface area contributed by atoms with E-state index < -0.39 is 18.5 Å². The number of nitrogens with one attached hydrogen (secondary N) is 1. The molecule has 3 rings (SSSR count). The molecule has 0 atom stereocenters. The van der Waals surface area contributed by atoms with E-state index in [9.17, 15) is 18.8 Å². The number of halogens is 1. The molecule has 1 aliphatic rings. The van der Waals surface area contributed by atoms with Gasteiger partial charge in [0.15, 0.2) is 6.61 Å². The zero-order valence-corrected chi connectivity index (χ0v) is 14.6. The van der Waals surface area contributed by atoms with Crippen LogP contribution in [0.15, 0.2) is 48.5 Å². The molecular formula is C20H19FN2O4. The van der Waals surface area contributed by atoms with Crippen LogP contribution in [0.25, 0.3) is 0 Å². The van der Waals surface area contributed by atoms with E-state index in [0.29, 0.717) is 24.2 Å². The highest BCUT2D eigenvalue weighted by Gasteiger charge is 2.21. The Labute approximate surface area is 155 Å². The molecule has 2 aromatic carbocycles. The Morgan fingerprint density at radius 1 is 1.07 bits per heavy atom. The number of nitrogens with zero attached hydrogens (tertiary/aromatic N) is 1. The van der Waals surface area contributed by atoms with Gasteiger partial charge in [-0.1, -0.05) is 12.1 Å². The van der Waals surface area contributed by atoms with Crippen molar-refractivity contribution in [2.45, 2.75) is 19.3 Å². The number of hydrogen-bond acceptors (Lipinski definition) is 4. The summed E-state index contributed by atoms with van der Waals surface area (Å²) in [7, 11) is 0. The van der Waals surface area contributed by atoms with E-state index in [2.05, 4.69) is 5.32 Å². The van der Waals surface area contributed by atoms with Crippen LogP contribution in [-0.2, 0) is 25.5 Å². The van der Waals surface area contributed by atoms with Crippen molar-refractivity contribution in [3.63, 3.8) is 0 Å². The van der Waals surface area contributed by atoms with Gasteiger partial charge in [0, 0.05) is 24.3 Å². The fraction of sp³-hybridized carbons (Fsp3) is 0.250. The van der Waals surface area contributed by atoms with Crippen LogP contribution < -0.4 is 10.2 Å². The highest BCUT2D eigenvalue weighted by atomic mass is 19.1. The first-order valence-corrected chi connectivity index (χ1v) is 8.61. The first-order chi connectivity index (χ1) is 13.0. The van der Waals surface area contributed by atoms with E-state index in [4.69, 9.17) is 4.74 Å². The molecule has 0 saturated carbocycles. The lowest BCUT2D eigenvalue weighted by atomic mass is 10.1. The Balaban J connectivity index is 1.45. The quantitative estimate of drug-likeness (QED) is 0.794. The molecule has 140 valence electrons. The van der Waals surface area contributed by atoms with Gasteiger partial charge in [0.05, 0.1) is 6.42 Å². The molecule has 1 saturated heterocycles. The van der Waals surface area contributed by atoms with Crippen molar-refractivity contribution in [2.24, 2.45) is 0 Å². The molecular weight excluding hydrogens is 351 g/mol. The van der Waals surface area contributed by atoms with Crippen molar-refractivity contribution >= 4 is 29.2 Å². The standard InChI is InChI=1S/C20H19FN2O4/c21-15-5-3-14(4-6-15)12-20(26)27-13-18(24)22-16-7-9-17(10-8-16)23-11-1-2-19(23)25/h3-10H,1-2,11-13H2,(H,22,24). The molecule has 27 heavy (non-hydrogen) atoms. The number of carbonyl (C=O) groups is 3. The molecule has 7 heteroatoms.